The molecule has 0 saturated carbocycles. The summed E-state index contributed by atoms with van der Waals surface area (Å²) >= 11 is 0. The topological polar surface area (TPSA) is 38.8 Å². The van der Waals surface area contributed by atoms with Gasteiger partial charge in [0.2, 0.25) is 0 Å². The Balaban J connectivity index is 1.75. The third-order valence-electron chi connectivity index (χ3n) is 4.03. The Morgan fingerprint density at radius 2 is 2.10 bits per heavy atom. The molecule has 2 saturated heterocycles. The Morgan fingerprint density at radius 3 is 2.85 bits per heavy atom. The van der Waals surface area contributed by atoms with Crippen LogP contribution in [-0.2, 0) is 14.3 Å². The van der Waals surface area contributed by atoms with E-state index in [9.17, 15) is 4.79 Å². The average Bonchev–Trinajstić information content (AvgIpc) is 2.64. The fourth-order valence-corrected chi connectivity index (χ4v) is 3.06. The molecule has 2 rings (SSSR count). The van der Waals surface area contributed by atoms with E-state index in [0.29, 0.717) is 5.92 Å². The van der Waals surface area contributed by atoms with Gasteiger partial charge in [0.05, 0.1) is 12.5 Å². The van der Waals surface area contributed by atoms with Crippen molar-refractivity contribution in [3.05, 3.63) is 0 Å². The standard InChI is InChI=1S/C16H29NO3/c1-16(2,3)20-15(18)14-7-8-17(11-14)10-13-6-4-5-9-19-12-13/h13-14H,4-12H2,1-3H3/t13-,14+/m1/s1. The minimum absolute atomic E-state index is 0.0304. The van der Waals surface area contributed by atoms with Crippen LogP contribution in [0, 0.1) is 11.8 Å². The molecule has 2 aliphatic heterocycles. The number of hydrogen-bond donors (Lipinski definition) is 0. The van der Waals surface area contributed by atoms with Gasteiger partial charge in [-0.25, -0.2) is 0 Å². The lowest BCUT2D eigenvalue weighted by Crippen LogP contribution is -2.33. The molecule has 4 nitrogen and oxygen atoms in total. The van der Waals surface area contributed by atoms with Gasteiger partial charge in [-0.3, -0.25) is 4.79 Å². The molecule has 0 amide bonds. The SMILES string of the molecule is CC(C)(C)OC(=O)[C@H]1CCN(C[C@H]2CCCCOC2)C1. The second-order valence-corrected chi connectivity index (χ2v) is 7.22. The zero-order valence-corrected chi connectivity index (χ0v) is 13.2. The number of esters is 1. The molecule has 0 aliphatic carbocycles. The number of carbonyl (C=O) groups excluding carboxylic acids is 1. The first-order valence-electron chi connectivity index (χ1n) is 7.97. The molecule has 0 bridgehead atoms. The van der Waals surface area contributed by atoms with Crippen LogP contribution in [0.5, 0.6) is 0 Å². The molecule has 2 aliphatic rings. The number of hydrogen-bond acceptors (Lipinski definition) is 4. The molecule has 0 aromatic rings. The number of likely N-dealkylation sites (tertiary alicyclic amines) is 1. The zero-order chi connectivity index (χ0) is 14.6. The van der Waals surface area contributed by atoms with Crippen molar-refractivity contribution < 1.29 is 14.3 Å². The van der Waals surface area contributed by atoms with Crippen LogP contribution in [0.4, 0.5) is 0 Å². The molecular formula is C16H29NO3. The molecule has 116 valence electrons. The van der Waals surface area contributed by atoms with Crippen LogP contribution in [-0.4, -0.2) is 49.3 Å². The highest BCUT2D eigenvalue weighted by molar-refractivity contribution is 5.73. The third-order valence-corrected chi connectivity index (χ3v) is 4.03. The van der Waals surface area contributed by atoms with E-state index in [4.69, 9.17) is 9.47 Å². The largest absolute Gasteiger partial charge is 0.460 e. The molecule has 0 unspecified atom stereocenters. The van der Waals surface area contributed by atoms with Gasteiger partial charge in [0.1, 0.15) is 5.60 Å². The van der Waals surface area contributed by atoms with Gasteiger partial charge in [-0.1, -0.05) is 6.42 Å². The van der Waals surface area contributed by atoms with Crippen molar-refractivity contribution in [2.24, 2.45) is 11.8 Å². The minimum Gasteiger partial charge on any atom is -0.460 e. The monoisotopic (exact) mass is 283 g/mol. The lowest BCUT2D eigenvalue weighted by molar-refractivity contribution is -0.159. The molecule has 0 N–H and O–H groups in total. The smallest absolute Gasteiger partial charge is 0.310 e. The van der Waals surface area contributed by atoms with Crippen LogP contribution < -0.4 is 0 Å². The maximum absolute atomic E-state index is 12.1. The van der Waals surface area contributed by atoms with Crippen LogP contribution in [0.15, 0.2) is 0 Å². The highest BCUT2D eigenvalue weighted by Gasteiger charge is 2.32. The number of carbonyl (C=O) groups is 1. The highest BCUT2D eigenvalue weighted by Crippen LogP contribution is 2.23. The van der Waals surface area contributed by atoms with Gasteiger partial charge >= 0.3 is 5.97 Å². The van der Waals surface area contributed by atoms with E-state index in [2.05, 4.69) is 4.90 Å². The van der Waals surface area contributed by atoms with Crippen molar-refractivity contribution >= 4 is 5.97 Å². The van der Waals surface area contributed by atoms with E-state index in [1.165, 1.54) is 19.3 Å². The minimum atomic E-state index is -0.375. The summed E-state index contributed by atoms with van der Waals surface area (Å²) in [5.41, 5.74) is -0.375. The van der Waals surface area contributed by atoms with E-state index in [0.717, 1.165) is 39.3 Å². The molecule has 2 atom stereocenters. The Morgan fingerprint density at radius 1 is 1.30 bits per heavy atom. The fraction of sp³-hybridized carbons (Fsp3) is 0.938. The summed E-state index contributed by atoms with van der Waals surface area (Å²) in [6, 6.07) is 0. The molecule has 0 radical (unpaired) electrons. The summed E-state index contributed by atoms with van der Waals surface area (Å²) in [6.45, 7) is 10.5. The van der Waals surface area contributed by atoms with Crippen molar-refractivity contribution in [2.45, 2.75) is 52.1 Å². The van der Waals surface area contributed by atoms with Gasteiger partial charge in [-0.05, 0) is 52.5 Å². The van der Waals surface area contributed by atoms with Crippen molar-refractivity contribution in [3.63, 3.8) is 0 Å². The Bertz CT molecular complexity index is 316. The first kappa shape index (κ1) is 15.8. The lowest BCUT2D eigenvalue weighted by Gasteiger charge is -2.24. The quantitative estimate of drug-likeness (QED) is 0.746. The van der Waals surface area contributed by atoms with Crippen LogP contribution >= 0.6 is 0 Å². The predicted molar refractivity (Wildman–Crippen MR) is 78.6 cm³/mol. The van der Waals surface area contributed by atoms with Gasteiger partial charge in [0, 0.05) is 19.7 Å². The first-order valence-corrected chi connectivity index (χ1v) is 7.97. The maximum Gasteiger partial charge on any atom is 0.310 e. The molecule has 4 heteroatoms. The molecule has 20 heavy (non-hydrogen) atoms. The Labute approximate surface area is 122 Å². The zero-order valence-electron chi connectivity index (χ0n) is 13.2. The average molecular weight is 283 g/mol. The molecule has 0 aromatic heterocycles. The summed E-state index contributed by atoms with van der Waals surface area (Å²) in [7, 11) is 0. The summed E-state index contributed by atoms with van der Waals surface area (Å²) < 4.78 is 11.1. The van der Waals surface area contributed by atoms with Crippen LogP contribution in [0.25, 0.3) is 0 Å². The normalized spacial score (nSPS) is 29.1. The lowest BCUT2D eigenvalue weighted by atomic mass is 10.0. The second-order valence-electron chi connectivity index (χ2n) is 7.22. The van der Waals surface area contributed by atoms with Gasteiger partial charge < -0.3 is 14.4 Å². The number of nitrogens with zero attached hydrogens (tertiary/aromatic N) is 1. The predicted octanol–water partition coefficient (Wildman–Crippen LogP) is 2.47. The first-order chi connectivity index (χ1) is 9.44. The van der Waals surface area contributed by atoms with Gasteiger partial charge in [-0.2, -0.15) is 0 Å². The summed E-state index contributed by atoms with van der Waals surface area (Å²) in [5.74, 6) is 0.660. The van der Waals surface area contributed by atoms with Gasteiger partial charge in [-0.15, -0.1) is 0 Å². The second kappa shape index (κ2) is 6.90. The van der Waals surface area contributed by atoms with Crippen molar-refractivity contribution in [2.75, 3.05) is 32.8 Å². The number of ether oxygens (including phenoxy) is 2. The maximum atomic E-state index is 12.1. The van der Waals surface area contributed by atoms with E-state index >= 15 is 0 Å². The Kier molecular flexibility index (Phi) is 5.44. The van der Waals surface area contributed by atoms with E-state index in [-0.39, 0.29) is 17.5 Å². The molecule has 2 heterocycles. The molecular weight excluding hydrogens is 254 g/mol. The summed E-state index contributed by atoms with van der Waals surface area (Å²) in [4.78, 5) is 14.5. The van der Waals surface area contributed by atoms with Crippen molar-refractivity contribution in [3.8, 4) is 0 Å². The molecule has 2 fully saturated rings. The van der Waals surface area contributed by atoms with E-state index in [1.807, 2.05) is 20.8 Å². The van der Waals surface area contributed by atoms with Crippen molar-refractivity contribution in [1.82, 2.24) is 4.90 Å². The molecule has 0 aromatic carbocycles. The Hall–Kier alpha value is -0.610. The summed E-state index contributed by atoms with van der Waals surface area (Å²) in [6.07, 6.45) is 4.65. The van der Waals surface area contributed by atoms with Crippen LogP contribution in [0.1, 0.15) is 46.5 Å². The highest BCUT2D eigenvalue weighted by atomic mass is 16.6. The van der Waals surface area contributed by atoms with Gasteiger partial charge in [0.15, 0.2) is 0 Å². The van der Waals surface area contributed by atoms with Crippen LogP contribution in [0.3, 0.4) is 0 Å². The van der Waals surface area contributed by atoms with Gasteiger partial charge in [0.25, 0.3) is 0 Å². The van der Waals surface area contributed by atoms with Crippen molar-refractivity contribution in [1.29, 1.82) is 0 Å². The molecule has 0 spiro atoms. The fourth-order valence-electron chi connectivity index (χ4n) is 3.06. The van der Waals surface area contributed by atoms with E-state index < -0.39 is 0 Å². The number of rotatable bonds is 3. The third kappa shape index (κ3) is 5.06. The summed E-state index contributed by atoms with van der Waals surface area (Å²) in [5, 5.41) is 0. The van der Waals surface area contributed by atoms with Crippen LogP contribution in [0.2, 0.25) is 0 Å². The van der Waals surface area contributed by atoms with E-state index in [1.54, 1.807) is 0 Å².